The van der Waals surface area contributed by atoms with Gasteiger partial charge in [-0.05, 0) is 52.5 Å². The van der Waals surface area contributed by atoms with Crippen molar-refractivity contribution >= 4 is 12.4 Å². The largest absolute Gasteiger partial charge is 0.393 e. The third-order valence-electron chi connectivity index (χ3n) is 5.36. The van der Waals surface area contributed by atoms with Crippen molar-refractivity contribution in [2.24, 2.45) is 0 Å². The maximum atomic E-state index is 10.6. The van der Waals surface area contributed by atoms with E-state index in [1.54, 1.807) is 0 Å². The molecule has 1 heterocycles. The number of nitrogens with zero attached hydrogens (tertiary/aromatic N) is 1. The van der Waals surface area contributed by atoms with Crippen molar-refractivity contribution in [2.45, 2.75) is 83.3 Å². The van der Waals surface area contributed by atoms with Gasteiger partial charge in [0.1, 0.15) is 0 Å². The number of β-amino-alcohol motifs (C(OH)–C–C–N with tert-alkyl or cyclic N) is 1. The normalized spacial score (nSPS) is 22.4. The van der Waals surface area contributed by atoms with Crippen LogP contribution in [0.4, 0.5) is 0 Å². The number of likely N-dealkylation sites (tertiary alicyclic amines) is 1. The molecule has 26 heavy (non-hydrogen) atoms. The average molecular weight is 386 g/mol. The molecule has 0 saturated carbocycles. The molecule has 2 atom stereocenters. The summed E-state index contributed by atoms with van der Waals surface area (Å²) in [5.41, 5.74) is 0.858. The molecular weight excluding hydrogens is 350 g/mol. The van der Waals surface area contributed by atoms with E-state index in [-0.39, 0.29) is 35.7 Å². The molecule has 1 saturated heterocycles. The number of piperidine rings is 1. The van der Waals surface area contributed by atoms with Gasteiger partial charge < -0.3 is 14.9 Å². The minimum atomic E-state index is -0.549. The maximum absolute atomic E-state index is 10.6. The Morgan fingerprint density at radius 1 is 1.12 bits per heavy atom. The molecular formula is C21H36ClNO3. The summed E-state index contributed by atoms with van der Waals surface area (Å²) in [6, 6.07) is 10.2. The van der Waals surface area contributed by atoms with Gasteiger partial charge in [-0.1, -0.05) is 37.3 Å². The summed E-state index contributed by atoms with van der Waals surface area (Å²) in [6.07, 6.45) is 1.52. The summed E-state index contributed by atoms with van der Waals surface area (Å²) in [4.78, 5) is 2.32. The van der Waals surface area contributed by atoms with Crippen LogP contribution in [0.3, 0.4) is 0 Å². The predicted octanol–water partition coefficient (Wildman–Crippen LogP) is 3.95. The van der Waals surface area contributed by atoms with E-state index in [2.05, 4.69) is 51.7 Å². The minimum Gasteiger partial charge on any atom is -0.393 e. The molecule has 0 amide bonds. The molecule has 0 aliphatic carbocycles. The van der Waals surface area contributed by atoms with E-state index >= 15 is 0 Å². The van der Waals surface area contributed by atoms with Crippen LogP contribution in [0.5, 0.6) is 0 Å². The lowest BCUT2D eigenvalue weighted by molar-refractivity contribution is -0.109. The second-order valence-corrected chi connectivity index (χ2v) is 8.59. The van der Waals surface area contributed by atoms with Crippen molar-refractivity contribution < 1.29 is 14.9 Å². The van der Waals surface area contributed by atoms with Gasteiger partial charge in [0.15, 0.2) is 0 Å². The van der Waals surface area contributed by atoms with Gasteiger partial charge in [0, 0.05) is 17.6 Å². The number of hydrogen-bond acceptors (Lipinski definition) is 4. The zero-order valence-electron chi connectivity index (χ0n) is 16.8. The smallest absolute Gasteiger partial charge is 0.0900 e. The predicted molar refractivity (Wildman–Crippen MR) is 109 cm³/mol. The van der Waals surface area contributed by atoms with Crippen molar-refractivity contribution in [2.75, 3.05) is 13.2 Å². The van der Waals surface area contributed by atoms with Gasteiger partial charge in [0.05, 0.1) is 24.9 Å². The first-order chi connectivity index (χ1) is 11.7. The average Bonchev–Trinajstić information content (AvgIpc) is 2.51. The summed E-state index contributed by atoms with van der Waals surface area (Å²) >= 11 is 0. The summed E-state index contributed by atoms with van der Waals surface area (Å²) in [7, 11) is 0. The number of rotatable bonds is 7. The van der Waals surface area contributed by atoms with E-state index in [4.69, 9.17) is 4.74 Å². The molecule has 0 aromatic heterocycles. The Hall–Kier alpha value is -0.650. The molecule has 2 rings (SSSR count). The molecule has 0 bridgehead atoms. The Balaban J connectivity index is 0.00000338. The Morgan fingerprint density at radius 3 is 2.15 bits per heavy atom. The molecule has 1 aliphatic rings. The molecule has 1 aliphatic heterocycles. The van der Waals surface area contributed by atoms with Gasteiger partial charge in [0.25, 0.3) is 0 Å². The fraction of sp³-hybridized carbons (Fsp3) is 0.714. The second-order valence-electron chi connectivity index (χ2n) is 8.59. The highest BCUT2D eigenvalue weighted by atomic mass is 35.5. The van der Waals surface area contributed by atoms with Gasteiger partial charge in [-0.25, -0.2) is 0 Å². The van der Waals surface area contributed by atoms with E-state index in [1.165, 1.54) is 0 Å². The molecule has 150 valence electrons. The van der Waals surface area contributed by atoms with Crippen molar-refractivity contribution in [3.63, 3.8) is 0 Å². The van der Waals surface area contributed by atoms with Crippen LogP contribution in [0.2, 0.25) is 0 Å². The van der Waals surface area contributed by atoms with Crippen LogP contribution >= 0.6 is 12.4 Å². The standard InChI is InChI=1S/C21H35NO3.ClH/c1-6-19(16-10-8-7-9-11-16)25-15-18(24)14-22-20(2,3)12-17(23)13-21(22,4)5;/h7-11,17-19,23-24H,6,12-15H2,1-5H3;1H. The lowest BCUT2D eigenvalue weighted by Gasteiger charge is -2.55. The molecule has 0 spiro atoms. The first-order valence-corrected chi connectivity index (χ1v) is 9.46. The lowest BCUT2D eigenvalue weighted by atomic mass is 9.78. The second kappa shape index (κ2) is 9.52. The summed E-state index contributed by atoms with van der Waals surface area (Å²) in [5.74, 6) is 0. The van der Waals surface area contributed by atoms with Gasteiger partial charge in [0.2, 0.25) is 0 Å². The summed E-state index contributed by atoms with van der Waals surface area (Å²) in [5, 5.41) is 20.7. The van der Waals surface area contributed by atoms with E-state index in [1.807, 2.05) is 18.2 Å². The molecule has 1 fully saturated rings. The molecule has 4 nitrogen and oxygen atoms in total. The summed E-state index contributed by atoms with van der Waals surface area (Å²) in [6.45, 7) is 11.5. The third kappa shape index (κ3) is 5.93. The van der Waals surface area contributed by atoms with Crippen molar-refractivity contribution in [1.82, 2.24) is 4.90 Å². The van der Waals surface area contributed by atoms with Crippen LogP contribution in [-0.4, -0.2) is 51.6 Å². The molecule has 1 aromatic carbocycles. The van der Waals surface area contributed by atoms with Crippen molar-refractivity contribution in [3.8, 4) is 0 Å². The van der Waals surface area contributed by atoms with Crippen LogP contribution < -0.4 is 0 Å². The third-order valence-corrected chi connectivity index (χ3v) is 5.36. The highest BCUT2D eigenvalue weighted by molar-refractivity contribution is 5.85. The van der Waals surface area contributed by atoms with E-state index in [0.717, 1.165) is 24.8 Å². The number of benzene rings is 1. The highest BCUT2D eigenvalue weighted by Gasteiger charge is 2.45. The Bertz CT molecular complexity index is 517. The van der Waals surface area contributed by atoms with Crippen molar-refractivity contribution in [1.29, 1.82) is 0 Å². The number of halogens is 1. The van der Waals surface area contributed by atoms with Gasteiger partial charge in [-0.2, -0.15) is 0 Å². The van der Waals surface area contributed by atoms with E-state index in [9.17, 15) is 10.2 Å². The van der Waals surface area contributed by atoms with Crippen LogP contribution in [0, 0.1) is 0 Å². The Morgan fingerprint density at radius 2 is 1.65 bits per heavy atom. The van der Waals surface area contributed by atoms with Gasteiger partial charge >= 0.3 is 0 Å². The molecule has 1 aromatic rings. The summed E-state index contributed by atoms with van der Waals surface area (Å²) < 4.78 is 6.01. The number of ether oxygens (including phenoxy) is 1. The SMILES string of the molecule is CCC(OCC(O)CN1C(C)(C)CC(O)CC1(C)C)c1ccccc1.Cl. The van der Waals surface area contributed by atoms with Gasteiger partial charge in [-0.15, -0.1) is 12.4 Å². The zero-order valence-corrected chi connectivity index (χ0v) is 17.6. The topological polar surface area (TPSA) is 52.9 Å². The fourth-order valence-corrected chi connectivity index (χ4v) is 4.37. The number of aliphatic hydroxyl groups excluding tert-OH is 2. The Labute approximate surface area is 165 Å². The van der Waals surface area contributed by atoms with Crippen LogP contribution in [0.1, 0.15) is 65.5 Å². The van der Waals surface area contributed by atoms with Crippen LogP contribution in [0.15, 0.2) is 30.3 Å². The molecule has 5 heteroatoms. The Kier molecular flexibility index (Phi) is 8.56. The van der Waals surface area contributed by atoms with Crippen LogP contribution in [0.25, 0.3) is 0 Å². The fourth-order valence-electron chi connectivity index (χ4n) is 4.37. The lowest BCUT2D eigenvalue weighted by Crippen LogP contribution is -2.63. The van der Waals surface area contributed by atoms with E-state index in [0.29, 0.717) is 13.2 Å². The number of hydrogen-bond donors (Lipinski definition) is 2. The first kappa shape index (κ1) is 23.4. The van der Waals surface area contributed by atoms with Gasteiger partial charge in [-0.3, -0.25) is 4.90 Å². The molecule has 2 N–H and O–H groups in total. The van der Waals surface area contributed by atoms with Crippen LogP contribution in [-0.2, 0) is 4.74 Å². The monoisotopic (exact) mass is 385 g/mol. The number of aliphatic hydroxyl groups is 2. The molecule has 0 radical (unpaired) electrons. The minimum absolute atomic E-state index is 0. The highest BCUT2D eigenvalue weighted by Crippen LogP contribution is 2.38. The quantitative estimate of drug-likeness (QED) is 0.746. The zero-order chi connectivity index (χ0) is 18.7. The van der Waals surface area contributed by atoms with Crippen molar-refractivity contribution in [3.05, 3.63) is 35.9 Å². The van der Waals surface area contributed by atoms with E-state index < -0.39 is 6.10 Å². The maximum Gasteiger partial charge on any atom is 0.0900 e. The molecule has 2 unspecified atom stereocenters. The first-order valence-electron chi connectivity index (χ1n) is 9.46.